The number of amides is 1. The van der Waals surface area contributed by atoms with Crippen molar-refractivity contribution in [3.63, 3.8) is 0 Å². The van der Waals surface area contributed by atoms with Crippen LogP contribution in [-0.4, -0.2) is 17.4 Å². The fourth-order valence-corrected chi connectivity index (χ4v) is 2.14. The molecule has 0 unspecified atom stereocenters. The summed E-state index contributed by atoms with van der Waals surface area (Å²) in [7, 11) is 0. The van der Waals surface area contributed by atoms with E-state index in [0.29, 0.717) is 13.0 Å². The van der Waals surface area contributed by atoms with Crippen molar-refractivity contribution < 1.29 is 4.79 Å². The molecular formula is C16H17ClN2O. The van der Waals surface area contributed by atoms with Crippen LogP contribution >= 0.6 is 11.6 Å². The summed E-state index contributed by atoms with van der Waals surface area (Å²) in [6.45, 7) is 0.631. The first-order valence-corrected chi connectivity index (χ1v) is 7.02. The van der Waals surface area contributed by atoms with Gasteiger partial charge < -0.3 is 5.32 Å². The molecular weight excluding hydrogens is 272 g/mol. The summed E-state index contributed by atoms with van der Waals surface area (Å²) >= 11 is 5.91. The van der Waals surface area contributed by atoms with Crippen molar-refractivity contribution in [2.24, 2.45) is 0 Å². The average molecular weight is 289 g/mol. The molecule has 4 heteroatoms. The van der Waals surface area contributed by atoms with Gasteiger partial charge in [0.25, 0.3) is 0 Å². The lowest BCUT2D eigenvalue weighted by molar-refractivity contribution is -0.121. The summed E-state index contributed by atoms with van der Waals surface area (Å²) < 4.78 is 0. The molecule has 0 atom stereocenters. The molecule has 0 fully saturated rings. The SMILES string of the molecule is O=C(CCc1cccnc1)NCCc1cccc(Cl)c1. The standard InChI is InChI=1S/C16H17ClN2O/c17-15-5-1-3-13(11-15)8-10-19-16(20)7-6-14-4-2-9-18-12-14/h1-5,9,11-12H,6-8,10H2,(H,19,20). The molecule has 20 heavy (non-hydrogen) atoms. The third-order valence-electron chi connectivity index (χ3n) is 2.99. The van der Waals surface area contributed by atoms with Gasteiger partial charge in [0, 0.05) is 30.4 Å². The van der Waals surface area contributed by atoms with Gasteiger partial charge in [-0.15, -0.1) is 0 Å². The van der Waals surface area contributed by atoms with E-state index >= 15 is 0 Å². The number of rotatable bonds is 6. The molecule has 1 amide bonds. The van der Waals surface area contributed by atoms with Crippen molar-refractivity contribution in [3.05, 3.63) is 64.9 Å². The molecule has 2 rings (SSSR count). The van der Waals surface area contributed by atoms with E-state index in [9.17, 15) is 4.79 Å². The van der Waals surface area contributed by atoms with E-state index in [1.807, 2.05) is 36.4 Å². The van der Waals surface area contributed by atoms with Crippen LogP contribution in [0.5, 0.6) is 0 Å². The predicted molar refractivity (Wildman–Crippen MR) is 80.7 cm³/mol. The lowest BCUT2D eigenvalue weighted by atomic mass is 10.1. The molecule has 1 aromatic heterocycles. The smallest absolute Gasteiger partial charge is 0.220 e. The van der Waals surface area contributed by atoms with E-state index < -0.39 is 0 Å². The number of aryl methyl sites for hydroxylation is 1. The Hall–Kier alpha value is -1.87. The first-order chi connectivity index (χ1) is 9.74. The van der Waals surface area contributed by atoms with Crippen molar-refractivity contribution in [2.75, 3.05) is 6.54 Å². The van der Waals surface area contributed by atoms with Gasteiger partial charge in [0.05, 0.1) is 0 Å². The quantitative estimate of drug-likeness (QED) is 0.888. The Bertz CT molecular complexity index is 557. The molecule has 0 spiro atoms. The third-order valence-corrected chi connectivity index (χ3v) is 3.22. The van der Waals surface area contributed by atoms with Gasteiger partial charge in [-0.3, -0.25) is 9.78 Å². The number of carbonyl (C=O) groups excluding carboxylic acids is 1. The fraction of sp³-hybridized carbons (Fsp3) is 0.250. The minimum Gasteiger partial charge on any atom is -0.356 e. The van der Waals surface area contributed by atoms with Crippen LogP contribution in [-0.2, 0) is 17.6 Å². The Morgan fingerprint density at radius 1 is 1.15 bits per heavy atom. The molecule has 3 nitrogen and oxygen atoms in total. The Kier molecular flexibility index (Phi) is 5.56. The van der Waals surface area contributed by atoms with Crippen molar-refractivity contribution in [1.29, 1.82) is 0 Å². The van der Waals surface area contributed by atoms with Crippen molar-refractivity contribution in [2.45, 2.75) is 19.3 Å². The van der Waals surface area contributed by atoms with Crippen molar-refractivity contribution >= 4 is 17.5 Å². The molecule has 0 aliphatic heterocycles. The lowest BCUT2D eigenvalue weighted by Crippen LogP contribution is -2.25. The van der Waals surface area contributed by atoms with Gasteiger partial charge in [-0.2, -0.15) is 0 Å². The Morgan fingerprint density at radius 2 is 2.00 bits per heavy atom. The van der Waals surface area contributed by atoms with E-state index in [1.165, 1.54) is 0 Å². The van der Waals surface area contributed by atoms with Crippen LogP contribution in [0.1, 0.15) is 17.5 Å². The highest BCUT2D eigenvalue weighted by Crippen LogP contribution is 2.10. The molecule has 104 valence electrons. The fourth-order valence-electron chi connectivity index (χ4n) is 1.93. The molecule has 0 saturated heterocycles. The highest BCUT2D eigenvalue weighted by Gasteiger charge is 2.02. The van der Waals surface area contributed by atoms with Crippen LogP contribution in [0.3, 0.4) is 0 Å². The summed E-state index contributed by atoms with van der Waals surface area (Å²) in [4.78, 5) is 15.7. The lowest BCUT2D eigenvalue weighted by Gasteiger charge is -2.05. The van der Waals surface area contributed by atoms with Crippen LogP contribution in [0.4, 0.5) is 0 Å². The minimum absolute atomic E-state index is 0.0656. The zero-order chi connectivity index (χ0) is 14.2. The predicted octanol–water partition coefficient (Wildman–Crippen LogP) is 3.03. The second kappa shape index (κ2) is 7.65. The summed E-state index contributed by atoms with van der Waals surface area (Å²) in [5.41, 5.74) is 2.21. The van der Waals surface area contributed by atoms with Gasteiger partial charge in [-0.1, -0.05) is 29.8 Å². The molecule has 1 N–H and O–H groups in total. The van der Waals surface area contributed by atoms with Gasteiger partial charge >= 0.3 is 0 Å². The van der Waals surface area contributed by atoms with Gasteiger partial charge in [0.15, 0.2) is 0 Å². The van der Waals surface area contributed by atoms with E-state index in [2.05, 4.69) is 10.3 Å². The first kappa shape index (κ1) is 14.5. The molecule has 0 aliphatic rings. The highest BCUT2D eigenvalue weighted by atomic mass is 35.5. The van der Waals surface area contributed by atoms with E-state index in [4.69, 9.17) is 11.6 Å². The number of hydrogen-bond donors (Lipinski definition) is 1. The largest absolute Gasteiger partial charge is 0.356 e. The van der Waals surface area contributed by atoms with Crippen LogP contribution < -0.4 is 5.32 Å². The number of halogens is 1. The van der Waals surface area contributed by atoms with E-state index in [-0.39, 0.29) is 5.91 Å². The number of carbonyl (C=O) groups is 1. The van der Waals surface area contributed by atoms with Gasteiger partial charge in [0.1, 0.15) is 0 Å². The number of benzene rings is 1. The molecule has 0 radical (unpaired) electrons. The van der Waals surface area contributed by atoms with Crippen molar-refractivity contribution in [3.8, 4) is 0 Å². The van der Waals surface area contributed by atoms with Gasteiger partial charge in [-0.05, 0) is 42.2 Å². The maximum absolute atomic E-state index is 11.7. The maximum Gasteiger partial charge on any atom is 0.220 e. The van der Waals surface area contributed by atoms with Gasteiger partial charge in [0.2, 0.25) is 5.91 Å². The second-order valence-corrected chi connectivity index (χ2v) is 5.03. The summed E-state index contributed by atoms with van der Waals surface area (Å²) in [5, 5.41) is 3.65. The monoisotopic (exact) mass is 288 g/mol. The number of nitrogens with one attached hydrogen (secondary N) is 1. The number of aromatic nitrogens is 1. The van der Waals surface area contributed by atoms with Crippen molar-refractivity contribution in [1.82, 2.24) is 10.3 Å². The Morgan fingerprint density at radius 3 is 2.75 bits per heavy atom. The zero-order valence-corrected chi connectivity index (χ0v) is 11.9. The van der Waals surface area contributed by atoms with E-state index in [1.54, 1.807) is 12.4 Å². The van der Waals surface area contributed by atoms with Gasteiger partial charge in [-0.25, -0.2) is 0 Å². The molecule has 0 aliphatic carbocycles. The molecule has 0 saturated carbocycles. The highest BCUT2D eigenvalue weighted by molar-refractivity contribution is 6.30. The summed E-state index contributed by atoms with van der Waals surface area (Å²) in [5.74, 6) is 0.0656. The second-order valence-electron chi connectivity index (χ2n) is 4.59. The van der Waals surface area contributed by atoms with E-state index in [0.717, 1.165) is 29.0 Å². The minimum atomic E-state index is 0.0656. The Labute approximate surface area is 124 Å². The summed E-state index contributed by atoms with van der Waals surface area (Å²) in [6.07, 6.45) is 5.52. The normalized spacial score (nSPS) is 10.2. The Balaban J connectivity index is 1.68. The topological polar surface area (TPSA) is 42.0 Å². The van der Waals surface area contributed by atoms with Crippen LogP contribution in [0.25, 0.3) is 0 Å². The van der Waals surface area contributed by atoms with Crippen LogP contribution in [0, 0.1) is 0 Å². The average Bonchev–Trinajstić information content (AvgIpc) is 2.46. The third kappa shape index (κ3) is 5.02. The molecule has 1 heterocycles. The van der Waals surface area contributed by atoms with Crippen LogP contribution in [0.15, 0.2) is 48.8 Å². The summed E-state index contributed by atoms with van der Waals surface area (Å²) in [6, 6.07) is 11.6. The zero-order valence-electron chi connectivity index (χ0n) is 11.2. The molecule has 2 aromatic rings. The molecule has 1 aromatic carbocycles. The number of nitrogens with zero attached hydrogens (tertiary/aromatic N) is 1. The first-order valence-electron chi connectivity index (χ1n) is 6.64. The number of pyridine rings is 1. The number of hydrogen-bond acceptors (Lipinski definition) is 2. The maximum atomic E-state index is 11.7. The molecule has 0 bridgehead atoms. The van der Waals surface area contributed by atoms with Crippen LogP contribution in [0.2, 0.25) is 5.02 Å².